The van der Waals surface area contributed by atoms with Crippen molar-refractivity contribution in [3.8, 4) is 0 Å². The summed E-state index contributed by atoms with van der Waals surface area (Å²) in [6.45, 7) is 1.000. The summed E-state index contributed by atoms with van der Waals surface area (Å²) in [5.74, 6) is -15.1. The summed E-state index contributed by atoms with van der Waals surface area (Å²) in [5.41, 5.74) is 4.04. The van der Waals surface area contributed by atoms with Gasteiger partial charge in [-0.1, -0.05) is 0 Å². The third-order valence-electron chi connectivity index (χ3n) is 1.33. The summed E-state index contributed by atoms with van der Waals surface area (Å²) in [6, 6.07) is 0. The van der Waals surface area contributed by atoms with Crippen LogP contribution < -0.4 is 11.1 Å². The van der Waals surface area contributed by atoms with Crippen LogP contribution in [0.2, 0.25) is 0 Å². The molecule has 0 aliphatic heterocycles. The van der Waals surface area contributed by atoms with Gasteiger partial charge >= 0.3 is 11.8 Å². The van der Waals surface area contributed by atoms with Gasteiger partial charge in [-0.05, 0) is 6.92 Å². The van der Waals surface area contributed by atoms with Crippen molar-refractivity contribution in [1.82, 2.24) is 5.32 Å². The van der Waals surface area contributed by atoms with Crippen LogP contribution in [0.5, 0.6) is 0 Å². The van der Waals surface area contributed by atoms with Crippen molar-refractivity contribution in [2.45, 2.75) is 18.8 Å². The summed E-state index contributed by atoms with van der Waals surface area (Å²) in [5, 5.41) is 1.47. The highest BCUT2D eigenvalue weighted by molar-refractivity contribution is 5.94. The van der Waals surface area contributed by atoms with E-state index in [0.29, 0.717) is 0 Å². The first-order valence-corrected chi connectivity index (χ1v) is 3.51. The van der Waals surface area contributed by atoms with Gasteiger partial charge in [-0.15, -0.1) is 0 Å². The van der Waals surface area contributed by atoms with Crippen LogP contribution in [0.25, 0.3) is 0 Å². The smallest absolute Gasteiger partial charge is 0.364 e. The molecule has 8 heteroatoms. The Balaban J connectivity index is 4.94. The van der Waals surface area contributed by atoms with Crippen molar-refractivity contribution in [3.63, 3.8) is 0 Å². The number of rotatable bonds is 4. The van der Waals surface area contributed by atoms with E-state index in [9.17, 15) is 27.2 Å². The summed E-state index contributed by atoms with van der Waals surface area (Å²) >= 11 is 0. The first kappa shape index (κ1) is 12.7. The molecule has 0 radical (unpaired) electrons. The highest BCUT2D eigenvalue weighted by atomic mass is 19.3. The Morgan fingerprint density at radius 3 is 1.93 bits per heavy atom. The van der Waals surface area contributed by atoms with Crippen molar-refractivity contribution < 1.29 is 27.2 Å². The number of halogens is 4. The van der Waals surface area contributed by atoms with E-state index in [1.54, 1.807) is 0 Å². The van der Waals surface area contributed by atoms with Crippen molar-refractivity contribution in [2.24, 2.45) is 5.73 Å². The van der Waals surface area contributed by atoms with Crippen LogP contribution in [0.15, 0.2) is 0 Å². The van der Waals surface area contributed by atoms with Gasteiger partial charge in [-0.2, -0.15) is 17.6 Å². The standard InChI is InChI=1S/C6H8F4N2O2/c1-2-12-4(14)6(9,10)5(7,8)3(11)13/h2H2,1H3,(H2,11,13)(H,12,14). The quantitative estimate of drug-likeness (QED) is 0.643. The van der Waals surface area contributed by atoms with Gasteiger partial charge in [0.25, 0.3) is 11.8 Å². The third kappa shape index (κ3) is 1.94. The van der Waals surface area contributed by atoms with Crippen LogP contribution in [-0.2, 0) is 9.59 Å². The van der Waals surface area contributed by atoms with Gasteiger partial charge in [0.2, 0.25) is 0 Å². The Bertz CT molecular complexity index is 254. The lowest BCUT2D eigenvalue weighted by Gasteiger charge is -2.22. The maximum absolute atomic E-state index is 12.6. The Labute approximate surface area is 76.4 Å². The zero-order valence-corrected chi connectivity index (χ0v) is 7.11. The summed E-state index contributed by atoms with van der Waals surface area (Å²) in [4.78, 5) is 20.5. The van der Waals surface area contributed by atoms with Gasteiger partial charge in [-0.25, -0.2) is 0 Å². The van der Waals surface area contributed by atoms with E-state index in [4.69, 9.17) is 0 Å². The molecule has 2 amide bonds. The van der Waals surface area contributed by atoms with Gasteiger partial charge < -0.3 is 11.1 Å². The summed E-state index contributed by atoms with van der Waals surface area (Å²) in [6.07, 6.45) is 0. The molecular weight excluding hydrogens is 208 g/mol. The Kier molecular flexibility index (Phi) is 3.44. The van der Waals surface area contributed by atoms with Gasteiger partial charge in [0.05, 0.1) is 0 Å². The maximum atomic E-state index is 12.6. The molecule has 4 nitrogen and oxygen atoms in total. The van der Waals surface area contributed by atoms with Crippen LogP contribution in [-0.4, -0.2) is 30.2 Å². The molecule has 14 heavy (non-hydrogen) atoms. The molecule has 82 valence electrons. The van der Waals surface area contributed by atoms with E-state index in [-0.39, 0.29) is 6.54 Å². The van der Waals surface area contributed by atoms with Crippen LogP contribution in [0.1, 0.15) is 6.92 Å². The number of hydrogen-bond donors (Lipinski definition) is 2. The highest BCUT2D eigenvalue weighted by Crippen LogP contribution is 2.33. The molecule has 0 unspecified atom stereocenters. The zero-order valence-electron chi connectivity index (χ0n) is 7.11. The number of nitrogens with two attached hydrogens (primary N) is 1. The predicted molar refractivity (Wildman–Crippen MR) is 37.8 cm³/mol. The van der Waals surface area contributed by atoms with Crippen molar-refractivity contribution in [2.75, 3.05) is 6.54 Å². The largest absolute Gasteiger partial charge is 0.395 e. The van der Waals surface area contributed by atoms with Crippen LogP contribution in [0, 0.1) is 0 Å². The number of carbonyl (C=O) groups is 2. The van der Waals surface area contributed by atoms with Crippen LogP contribution >= 0.6 is 0 Å². The SMILES string of the molecule is CCNC(=O)C(F)(F)C(F)(F)C(N)=O. The molecule has 0 bridgehead atoms. The van der Waals surface area contributed by atoms with E-state index >= 15 is 0 Å². The minimum atomic E-state index is -5.19. The Morgan fingerprint density at radius 2 is 1.64 bits per heavy atom. The first-order valence-electron chi connectivity index (χ1n) is 3.51. The molecule has 0 saturated heterocycles. The van der Waals surface area contributed by atoms with E-state index in [1.165, 1.54) is 12.2 Å². The number of nitrogens with one attached hydrogen (secondary N) is 1. The maximum Gasteiger partial charge on any atom is 0.395 e. The minimum absolute atomic E-state index is 0.261. The average Bonchev–Trinajstić information content (AvgIpc) is 2.04. The molecule has 0 spiro atoms. The van der Waals surface area contributed by atoms with E-state index < -0.39 is 23.7 Å². The zero-order chi connectivity index (χ0) is 11.6. The Morgan fingerprint density at radius 1 is 1.21 bits per heavy atom. The van der Waals surface area contributed by atoms with E-state index in [0.717, 1.165) is 0 Å². The number of alkyl halides is 4. The predicted octanol–water partition coefficient (Wildman–Crippen LogP) is -0.122. The number of hydrogen-bond acceptors (Lipinski definition) is 2. The first-order chi connectivity index (χ1) is 6.17. The Hall–Kier alpha value is -1.34. The van der Waals surface area contributed by atoms with Crippen molar-refractivity contribution in [1.29, 1.82) is 0 Å². The molecule has 0 aromatic carbocycles. The molecule has 0 aliphatic carbocycles. The second-order valence-corrected chi connectivity index (χ2v) is 2.37. The summed E-state index contributed by atoms with van der Waals surface area (Å²) < 4.78 is 50.0. The molecule has 0 aromatic heterocycles. The fraction of sp³-hybridized carbons (Fsp3) is 0.667. The number of primary amides is 1. The van der Waals surface area contributed by atoms with Gasteiger partial charge in [0.1, 0.15) is 0 Å². The molecule has 0 fully saturated rings. The lowest BCUT2D eigenvalue weighted by molar-refractivity contribution is -0.209. The van der Waals surface area contributed by atoms with E-state index in [1.807, 2.05) is 0 Å². The molecule has 0 aromatic rings. The lowest BCUT2D eigenvalue weighted by atomic mass is 10.1. The van der Waals surface area contributed by atoms with Gasteiger partial charge in [0.15, 0.2) is 0 Å². The second kappa shape index (κ2) is 3.81. The van der Waals surface area contributed by atoms with Crippen molar-refractivity contribution >= 4 is 11.8 Å². The lowest BCUT2D eigenvalue weighted by Crippen LogP contribution is -2.58. The minimum Gasteiger partial charge on any atom is -0.364 e. The topological polar surface area (TPSA) is 72.2 Å². The third-order valence-corrected chi connectivity index (χ3v) is 1.33. The average molecular weight is 216 g/mol. The van der Waals surface area contributed by atoms with Gasteiger partial charge in [0, 0.05) is 6.54 Å². The number of carbonyl (C=O) groups excluding carboxylic acids is 2. The van der Waals surface area contributed by atoms with Crippen molar-refractivity contribution in [3.05, 3.63) is 0 Å². The highest BCUT2D eigenvalue weighted by Gasteiger charge is 2.65. The van der Waals surface area contributed by atoms with Crippen LogP contribution in [0.4, 0.5) is 17.6 Å². The fourth-order valence-corrected chi connectivity index (χ4v) is 0.569. The normalized spacial score (nSPS) is 12.4. The van der Waals surface area contributed by atoms with Crippen LogP contribution in [0.3, 0.4) is 0 Å². The molecule has 0 saturated carbocycles. The molecule has 0 rings (SSSR count). The monoisotopic (exact) mass is 216 g/mol. The molecular formula is C6H8F4N2O2. The number of amides is 2. The second-order valence-electron chi connectivity index (χ2n) is 2.37. The molecule has 0 heterocycles. The molecule has 0 aliphatic rings. The fourth-order valence-electron chi connectivity index (χ4n) is 0.569. The molecule has 0 atom stereocenters. The summed E-state index contributed by atoms with van der Waals surface area (Å²) in [7, 11) is 0. The molecule has 3 N–H and O–H groups in total. The van der Waals surface area contributed by atoms with Gasteiger partial charge in [-0.3, -0.25) is 9.59 Å². The van der Waals surface area contributed by atoms with E-state index in [2.05, 4.69) is 5.73 Å².